The van der Waals surface area contributed by atoms with E-state index in [2.05, 4.69) is 44.4 Å². The molecular weight excluding hydrogens is 206 g/mol. The van der Waals surface area contributed by atoms with E-state index in [0.717, 1.165) is 5.92 Å². The molecule has 0 bridgehead atoms. The van der Waals surface area contributed by atoms with Crippen LogP contribution in [-0.4, -0.2) is 13.1 Å². The lowest BCUT2D eigenvalue weighted by molar-refractivity contribution is 0.470. The summed E-state index contributed by atoms with van der Waals surface area (Å²) in [4.78, 5) is 0. The van der Waals surface area contributed by atoms with Gasteiger partial charge in [0, 0.05) is 6.04 Å². The van der Waals surface area contributed by atoms with Crippen molar-refractivity contribution in [3.63, 3.8) is 0 Å². The van der Waals surface area contributed by atoms with Gasteiger partial charge in [-0.2, -0.15) is 0 Å². The van der Waals surface area contributed by atoms with E-state index in [-0.39, 0.29) is 0 Å². The first kappa shape index (κ1) is 12.6. The summed E-state index contributed by atoms with van der Waals surface area (Å²) >= 11 is 0. The molecule has 1 nitrogen and oxygen atoms in total. The fraction of sp³-hybridized carbons (Fsp3) is 0.625. The fourth-order valence-corrected chi connectivity index (χ4v) is 3.11. The SMILES string of the molecule is CNC1CCCCC(c2cc(C)ccc2C)C1. The normalized spacial score (nSPS) is 25.6. The molecule has 1 aromatic rings. The van der Waals surface area contributed by atoms with E-state index < -0.39 is 0 Å². The molecule has 2 rings (SSSR count). The van der Waals surface area contributed by atoms with Gasteiger partial charge in [-0.15, -0.1) is 0 Å². The van der Waals surface area contributed by atoms with E-state index in [4.69, 9.17) is 0 Å². The second kappa shape index (κ2) is 5.68. The molecule has 1 saturated carbocycles. The Balaban J connectivity index is 2.21. The first-order chi connectivity index (χ1) is 8.20. The van der Waals surface area contributed by atoms with Crippen LogP contribution in [0.1, 0.15) is 54.7 Å². The zero-order chi connectivity index (χ0) is 12.3. The molecule has 0 aliphatic heterocycles. The standard InChI is InChI=1S/C16H25N/c1-12-8-9-13(2)16(10-12)14-6-4-5-7-15(11-14)17-3/h8-10,14-15,17H,4-7,11H2,1-3H3. The second-order valence-corrected chi connectivity index (χ2v) is 5.56. The highest BCUT2D eigenvalue weighted by Gasteiger charge is 2.21. The first-order valence-corrected chi connectivity index (χ1v) is 6.95. The van der Waals surface area contributed by atoms with Gasteiger partial charge in [-0.05, 0) is 57.2 Å². The van der Waals surface area contributed by atoms with Crippen LogP contribution in [0.3, 0.4) is 0 Å². The lowest BCUT2D eigenvalue weighted by Gasteiger charge is -2.22. The highest BCUT2D eigenvalue weighted by Crippen LogP contribution is 2.33. The van der Waals surface area contributed by atoms with Crippen LogP contribution in [0.5, 0.6) is 0 Å². The van der Waals surface area contributed by atoms with Gasteiger partial charge in [0.1, 0.15) is 0 Å². The van der Waals surface area contributed by atoms with Gasteiger partial charge in [0.2, 0.25) is 0 Å². The summed E-state index contributed by atoms with van der Waals surface area (Å²) in [5.41, 5.74) is 4.46. The zero-order valence-electron chi connectivity index (χ0n) is 11.4. The molecule has 1 fully saturated rings. The Kier molecular flexibility index (Phi) is 4.22. The molecule has 1 aliphatic carbocycles. The van der Waals surface area contributed by atoms with Crippen LogP contribution in [0.25, 0.3) is 0 Å². The predicted octanol–water partition coefficient (Wildman–Crippen LogP) is 3.94. The van der Waals surface area contributed by atoms with Crippen molar-refractivity contribution in [1.82, 2.24) is 5.32 Å². The van der Waals surface area contributed by atoms with Crippen molar-refractivity contribution in [3.8, 4) is 0 Å². The van der Waals surface area contributed by atoms with E-state index in [1.807, 2.05) is 0 Å². The average Bonchev–Trinajstić information content (AvgIpc) is 2.57. The molecule has 0 heterocycles. The lowest BCUT2D eigenvalue weighted by atomic mass is 9.87. The fourth-order valence-electron chi connectivity index (χ4n) is 3.11. The van der Waals surface area contributed by atoms with Crippen molar-refractivity contribution in [2.45, 2.75) is 57.9 Å². The Labute approximate surface area is 106 Å². The molecule has 2 atom stereocenters. The van der Waals surface area contributed by atoms with Crippen LogP contribution in [0.2, 0.25) is 0 Å². The van der Waals surface area contributed by atoms with Gasteiger partial charge in [0.15, 0.2) is 0 Å². The van der Waals surface area contributed by atoms with Crippen LogP contribution in [0, 0.1) is 13.8 Å². The highest BCUT2D eigenvalue weighted by atomic mass is 14.9. The van der Waals surface area contributed by atoms with Gasteiger partial charge in [-0.25, -0.2) is 0 Å². The Hall–Kier alpha value is -0.820. The molecule has 0 aromatic heterocycles. The Bertz CT molecular complexity index is 370. The molecule has 1 aliphatic rings. The minimum absolute atomic E-state index is 0.711. The number of hydrogen-bond acceptors (Lipinski definition) is 1. The van der Waals surface area contributed by atoms with Crippen molar-refractivity contribution < 1.29 is 0 Å². The molecule has 17 heavy (non-hydrogen) atoms. The van der Waals surface area contributed by atoms with Crippen LogP contribution in [0.4, 0.5) is 0 Å². The second-order valence-electron chi connectivity index (χ2n) is 5.56. The van der Waals surface area contributed by atoms with Crippen molar-refractivity contribution >= 4 is 0 Å². The number of aryl methyl sites for hydroxylation is 2. The molecule has 0 radical (unpaired) electrons. The van der Waals surface area contributed by atoms with Crippen molar-refractivity contribution in [1.29, 1.82) is 0 Å². The topological polar surface area (TPSA) is 12.0 Å². The molecule has 0 amide bonds. The number of nitrogens with one attached hydrogen (secondary N) is 1. The van der Waals surface area contributed by atoms with Crippen LogP contribution in [-0.2, 0) is 0 Å². The van der Waals surface area contributed by atoms with Gasteiger partial charge < -0.3 is 5.32 Å². The summed E-state index contributed by atoms with van der Waals surface area (Å²) in [5.74, 6) is 0.759. The van der Waals surface area contributed by atoms with Crippen molar-refractivity contribution in [3.05, 3.63) is 34.9 Å². The molecule has 1 aromatic carbocycles. The van der Waals surface area contributed by atoms with Gasteiger partial charge in [0.25, 0.3) is 0 Å². The monoisotopic (exact) mass is 231 g/mol. The predicted molar refractivity (Wildman–Crippen MR) is 74.6 cm³/mol. The van der Waals surface area contributed by atoms with Gasteiger partial charge in [-0.3, -0.25) is 0 Å². The molecule has 0 saturated heterocycles. The van der Waals surface area contributed by atoms with Gasteiger partial charge in [-0.1, -0.05) is 36.6 Å². The number of benzene rings is 1. The summed E-state index contributed by atoms with van der Waals surface area (Å²) in [6.07, 6.45) is 6.78. The Morgan fingerprint density at radius 2 is 1.88 bits per heavy atom. The van der Waals surface area contributed by atoms with E-state index >= 15 is 0 Å². The van der Waals surface area contributed by atoms with Gasteiger partial charge in [0.05, 0.1) is 0 Å². The first-order valence-electron chi connectivity index (χ1n) is 6.95. The van der Waals surface area contributed by atoms with Crippen molar-refractivity contribution in [2.75, 3.05) is 7.05 Å². The highest BCUT2D eigenvalue weighted by molar-refractivity contribution is 5.33. The molecule has 1 heteroatoms. The van der Waals surface area contributed by atoms with Crippen LogP contribution >= 0.6 is 0 Å². The number of hydrogen-bond donors (Lipinski definition) is 1. The Morgan fingerprint density at radius 1 is 1.12 bits per heavy atom. The molecule has 0 spiro atoms. The number of rotatable bonds is 2. The maximum absolute atomic E-state index is 3.48. The van der Waals surface area contributed by atoms with Crippen molar-refractivity contribution in [2.24, 2.45) is 0 Å². The van der Waals surface area contributed by atoms with Crippen LogP contribution in [0.15, 0.2) is 18.2 Å². The summed E-state index contributed by atoms with van der Waals surface area (Å²) in [5, 5.41) is 3.48. The summed E-state index contributed by atoms with van der Waals surface area (Å²) in [7, 11) is 2.11. The van der Waals surface area contributed by atoms with Gasteiger partial charge >= 0.3 is 0 Å². The smallest absolute Gasteiger partial charge is 0.00698 e. The molecule has 94 valence electrons. The van der Waals surface area contributed by atoms with E-state index in [0.29, 0.717) is 6.04 Å². The average molecular weight is 231 g/mol. The minimum Gasteiger partial charge on any atom is -0.317 e. The maximum atomic E-state index is 3.48. The molecule has 1 N–H and O–H groups in total. The lowest BCUT2D eigenvalue weighted by Crippen LogP contribution is -2.26. The zero-order valence-corrected chi connectivity index (χ0v) is 11.4. The molecular formula is C16H25N. The molecule has 2 unspecified atom stereocenters. The quantitative estimate of drug-likeness (QED) is 0.760. The third kappa shape index (κ3) is 3.10. The van der Waals surface area contributed by atoms with E-state index in [9.17, 15) is 0 Å². The maximum Gasteiger partial charge on any atom is 0.00698 e. The third-order valence-electron chi connectivity index (χ3n) is 4.21. The summed E-state index contributed by atoms with van der Waals surface area (Å²) in [6.45, 7) is 4.46. The Morgan fingerprint density at radius 3 is 2.65 bits per heavy atom. The summed E-state index contributed by atoms with van der Waals surface area (Å²) in [6, 6.07) is 7.62. The van der Waals surface area contributed by atoms with Crippen LogP contribution < -0.4 is 5.32 Å². The van der Waals surface area contributed by atoms with E-state index in [1.165, 1.54) is 43.2 Å². The van der Waals surface area contributed by atoms with E-state index in [1.54, 1.807) is 5.56 Å². The largest absolute Gasteiger partial charge is 0.317 e. The minimum atomic E-state index is 0.711. The summed E-state index contributed by atoms with van der Waals surface area (Å²) < 4.78 is 0. The third-order valence-corrected chi connectivity index (χ3v) is 4.21.